The van der Waals surface area contributed by atoms with Crippen LogP contribution in [0.4, 0.5) is 5.69 Å². The maximum absolute atomic E-state index is 13.1. The lowest BCUT2D eigenvalue weighted by Gasteiger charge is -2.19. The van der Waals surface area contributed by atoms with E-state index in [0.29, 0.717) is 12.2 Å². The maximum atomic E-state index is 13.1. The molecule has 9 heteroatoms. The first-order chi connectivity index (χ1) is 17.5. The quantitative estimate of drug-likeness (QED) is 0.243. The zero-order valence-corrected chi connectivity index (χ0v) is 19.4. The standard InChI is InChI=1S/C27H23N5O4/c1-36-20-9-6-18(7-10-20)22(23-16-29-24-5-3-2-4-21(23)24)15-30-27(33)19-8-11-25(26(14-19)32(34)35)31-13-12-28-17-31/h2-14,16-17,22,29H,15H2,1H3,(H,30,33). The van der Waals surface area contributed by atoms with E-state index >= 15 is 0 Å². The van der Waals surface area contributed by atoms with Crippen LogP contribution < -0.4 is 10.1 Å². The van der Waals surface area contributed by atoms with Gasteiger partial charge >= 0.3 is 0 Å². The molecule has 5 aromatic rings. The monoisotopic (exact) mass is 481 g/mol. The van der Waals surface area contributed by atoms with Gasteiger partial charge in [0.1, 0.15) is 11.4 Å². The summed E-state index contributed by atoms with van der Waals surface area (Å²) in [5.41, 5.74) is 3.41. The maximum Gasteiger partial charge on any atom is 0.294 e. The van der Waals surface area contributed by atoms with Crippen molar-refractivity contribution < 1.29 is 14.5 Å². The molecule has 0 aliphatic carbocycles. The van der Waals surface area contributed by atoms with E-state index in [4.69, 9.17) is 4.74 Å². The molecular formula is C27H23N5O4. The summed E-state index contributed by atoms with van der Waals surface area (Å²) in [6, 6.07) is 20.1. The van der Waals surface area contributed by atoms with Gasteiger partial charge in [-0.15, -0.1) is 0 Å². The van der Waals surface area contributed by atoms with Crippen LogP contribution in [0.5, 0.6) is 5.75 Å². The zero-order chi connectivity index (χ0) is 25.1. The van der Waals surface area contributed by atoms with Crippen molar-refractivity contribution in [2.24, 2.45) is 0 Å². The number of imidazole rings is 1. The summed E-state index contributed by atoms with van der Waals surface area (Å²) in [5, 5.41) is 15.7. The number of hydrogen-bond acceptors (Lipinski definition) is 5. The van der Waals surface area contributed by atoms with Gasteiger partial charge in [-0.25, -0.2) is 4.98 Å². The molecule has 0 bridgehead atoms. The van der Waals surface area contributed by atoms with Crippen LogP contribution in [0.15, 0.2) is 91.6 Å². The van der Waals surface area contributed by atoms with Gasteiger partial charge < -0.3 is 19.6 Å². The van der Waals surface area contributed by atoms with Gasteiger partial charge in [-0.1, -0.05) is 30.3 Å². The van der Waals surface area contributed by atoms with Crippen molar-refractivity contribution in [2.45, 2.75) is 5.92 Å². The van der Waals surface area contributed by atoms with Crippen LogP contribution in [0.3, 0.4) is 0 Å². The van der Waals surface area contributed by atoms with Gasteiger partial charge in [0, 0.05) is 53.6 Å². The molecule has 2 aromatic heterocycles. The summed E-state index contributed by atoms with van der Waals surface area (Å²) >= 11 is 0. The molecule has 1 atom stereocenters. The first-order valence-electron chi connectivity index (χ1n) is 11.3. The number of carbonyl (C=O) groups excluding carboxylic acids is 1. The van der Waals surface area contributed by atoms with Gasteiger partial charge in [0.05, 0.1) is 18.4 Å². The number of carbonyl (C=O) groups is 1. The first kappa shape index (κ1) is 22.9. The second kappa shape index (κ2) is 9.75. The van der Waals surface area contributed by atoms with E-state index in [2.05, 4.69) is 15.3 Å². The van der Waals surface area contributed by atoms with Crippen molar-refractivity contribution >= 4 is 22.5 Å². The molecule has 3 aromatic carbocycles. The summed E-state index contributed by atoms with van der Waals surface area (Å²) in [6.45, 7) is 0.296. The number of nitro groups is 1. The molecule has 0 saturated heterocycles. The van der Waals surface area contributed by atoms with Crippen LogP contribution >= 0.6 is 0 Å². The average Bonchev–Trinajstić information content (AvgIpc) is 3.60. The van der Waals surface area contributed by atoms with E-state index in [9.17, 15) is 14.9 Å². The minimum Gasteiger partial charge on any atom is -0.497 e. The molecule has 36 heavy (non-hydrogen) atoms. The summed E-state index contributed by atoms with van der Waals surface area (Å²) in [6.07, 6.45) is 6.58. The van der Waals surface area contributed by atoms with Gasteiger partial charge in [-0.05, 0) is 41.5 Å². The predicted molar refractivity (Wildman–Crippen MR) is 136 cm³/mol. The molecule has 0 radical (unpaired) electrons. The summed E-state index contributed by atoms with van der Waals surface area (Å²) in [7, 11) is 1.61. The Morgan fingerprint density at radius 3 is 2.69 bits per heavy atom. The Balaban J connectivity index is 1.44. The van der Waals surface area contributed by atoms with Gasteiger partial charge in [-0.2, -0.15) is 0 Å². The molecule has 1 amide bonds. The van der Waals surface area contributed by atoms with Gasteiger partial charge in [0.2, 0.25) is 0 Å². The van der Waals surface area contributed by atoms with E-state index in [0.717, 1.165) is 27.8 Å². The highest BCUT2D eigenvalue weighted by atomic mass is 16.6. The van der Waals surface area contributed by atoms with Crippen molar-refractivity contribution in [2.75, 3.05) is 13.7 Å². The molecule has 0 aliphatic heterocycles. The number of nitrogens with one attached hydrogen (secondary N) is 2. The lowest BCUT2D eigenvalue weighted by atomic mass is 9.90. The van der Waals surface area contributed by atoms with Crippen LogP contribution in [0.25, 0.3) is 16.6 Å². The lowest BCUT2D eigenvalue weighted by molar-refractivity contribution is -0.384. The molecular weight excluding hydrogens is 458 g/mol. The van der Waals surface area contributed by atoms with Crippen molar-refractivity contribution in [1.29, 1.82) is 0 Å². The number of ether oxygens (including phenoxy) is 1. The van der Waals surface area contributed by atoms with E-state index in [1.165, 1.54) is 23.2 Å². The van der Waals surface area contributed by atoms with Crippen LogP contribution in [0.1, 0.15) is 27.4 Å². The van der Waals surface area contributed by atoms with Crippen molar-refractivity contribution in [3.63, 3.8) is 0 Å². The molecule has 5 rings (SSSR count). The highest BCUT2D eigenvalue weighted by molar-refractivity contribution is 5.95. The molecule has 0 saturated carbocycles. The number of hydrogen-bond donors (Lipinski definition) is 2. The topological polar surface area (TPSA) is 115 Å². The molecule has 180 valence electrons. The number of aromatic amines is 1. The van der Waals surface area contributed by atoms with Crippen molar-refractivity contribution in [3.05, 3.63) is 118 Å². The number of aromatic nitrogens is 3. The Kier molecular flexibility index (Phi) is 6.19. The molecule has 0 aliphatic rings. The fraction of sp³-hybridized carbons (Fsp3) is 0.111. The average molecular weight is 482 g/mol. The fourth-order valence-corrected chi connectivity index (χ4v) is 4.35. The number of benzene rings is 3. The molecule has 2 heterocycles. The largest absolute Gasteiger partial charge is 0.497 e. The summed E-state index contributed by atoms with van der Waals surface area (Å²) in [4.78, 5) is 31.5. The van der Waals surface area contributed by atoms with E-state index in [-0.39, 0.29) is 17.2 Å². The fourth-order valence-electron chi connectivity index (χ4n) is 4.35. The second-order valence-electron chi connectivity index (χ2n) is 8.26. The van der Waals surface area contributed by atoms with Crippen LogP contribution in [-0.4, -0.2) is 39.0 Å². The second-order valence-corrected chi connectivity index (χ2v) is 8.26. The summed E-state index contributed by atoms with van der Waals surface area (Å²) < 4.78 is 6.83. The Hall–Kier alpha value is -4.92. The molecule has 0 spiro atoms. The van der Waals surface area contributed by atoms with Crippen LogP contribution in [0.2, 0.25) is 0 Å². The molecule has 1 unspecified atom stereocenters. The third-order valence-corrected chi connectivity index (χ3v) is 6.20. The predicted octanol–water partition coefficient (Wildman–Crippen LogP) is 4.83. The molecule has 0 fully saturated rings. The lowest BCUT2D eigenvalue weighted by Crippen LogP contribution is -2.29. The number of amides is 1. The first-order valence-corrected chi connectivity index (χ1v) is 11.3. The minimum absolute atomic E-state index is 0.156. The molecule has 2 N–H and O–H groups in total. The Labute approximate surface area is 206 Å². The number of para-hydroxylation sites is 1. The van der Waals surface area contributed by atoms with Gasteiger partial charge in [-0.3, -0.25) is 14.9 Å². The van der Waals surface area contributed by atoms with Crippen molar-refractivity contribution in [3.8, 4) is 11.4 Å². The molecule has 9 nitrogen and oxygen atoms in total. The van der Waals surface area contributed by atoms with E-state index < -0.39 is 10.8 Å². The Morgan fingerprint density at radius 1 is 1.17 bits per heavy atom. The van der Waals surface area contributed by atoms with E-state index in [1.54, 1.807) is 25.4 Å². The van der Waals surface area contributed by atoms with Gasteiger partial charge in [0.15, 0.2) is 0 Å². The zero-order valence-electron chi connectivity index (χ0n) is 19.4. The van der Waals surface area contributed by atoms with Gasteiger partial charge in [0.25, 0.3) is 11.6 Å². The van der Waals surface area contributed by atoms with Crippen molar-refractivity contribution in [1.82, 2.24) is 19.9 Å². The number of nitro benzene ring substituents is 1. The number of nitrogens with zero attached hydrogens (tertiary/aromatic N) is 3. The van der Waals surface area contributed by atoms with Crippen LogP contribution in [0, 0.1) is 10.1 Å². The number of H-pyrrole nitrogens is 1. The third-order valence-electron chi connectivity index (χ3n) is 6.20. The normalized spacial score (nSPS) is 11.8. The number of rotatable bonds is 8. The number of methoxy groups -OCH3 is 1. The third kappa shape index (κ3) is 4.41. The Bertz CT molecular complexity index is 1520. The smallest absolute Gasteiger partial charge is 0.294 e. The number of fused-ring (bicyclic) bond motifs is 1. The highest BCUT2D eigenvalue weighted by Crippen LogP contribution is 2.32. The van der Waals surface area contributed by atoms with Crippen LogP contribution in [-0.2, 0) is 0 Å². The van der Waals surface area contributed by atoms with E-state index in [1.807, 2.05) is 54.7 Å². The SMILES string of the molecule is COc1ccc(C(CNC(=O)c2ccc(-n3ccnc3)c([N+](=O)[O-])c2)c2c[nH]c3ccccc23)cc1. The Morgan fingerprint density at radius 2 is 1.97 bits per heavy atom. The minimum atomic E-state index is -0.502. The highest BCUT2D eigenvalue weighted by Gasteiger charge is 2.22. The summed E-state index contributed by atoms with van der Waals surface area (Å²) in [5.74, 6) is 0.190.